The highest BCUT2D eigenvalue weighted by molar-refractivity contribution is 5.71. The number of esters is 1. The van der Waals surface area contributed by atoms with Crippen LogP contribution < -0.4 is 5.32 Å². The van der Waals surface area contributed by atoms with Crippen molar-refractivity contribution in [2.24, 2.45) is 0 Å². The van der Waals surface area contributed by atoms with Crippen molar-refractivity contribution in [3.8, 4) is 0 Å². The van der Waals surface area contributed by atoms with E-state index in [9.17, 15) is 4.79 Å². The average molecular weight is 269 g/mol. The summed E-state index contributed by atoms with van der Waals surface area (Å²) in [6.07, 6.45) is 14.7. The normalized spacial score (nSPS) is 20.3. The SMILES string of the molecule is CCOC(=O)CNC1CCCCCCCCCCC1. The topological polar surface area (TPSA) is 38.3 Å². The van der Waals surface area contributed by atoms with E-state index >= 15 is 0 Å². The maximum Gasteiger partial charge on any atom is 0.319 e. The van der Waals surface area contributed by atoms with Crippen LogP contribution in [0.25, 0.3) is 0 Å². The molecular formula is C16H31NO2. The molecule has 0 amide bonds. The van der Waals surface area contributed by atoms with Crippen molar-refractivity contribution in [2.45, 2.75) is 83.6 Å². The lowest BCUT2D eigenvalue weighted by Gasteiger charge is -2.19. The summed E-state index contributed by atoms with van der Waals surface area (Å²) < 4.78 is 4.97. The van der Waals surface area contributed by atoms with Gasteiger partial charge in [0.05, 0.1) is 13.2 Å². The molecule has 0 aromatic heterocycles. The molecule has 1 N–H and O–H groups in total. The second-order valence-electron chi connectivity index (χ2n) is 5.64. The van der Waals surface area contributed by atoms with Gasteiger partial charge in [0.25, 0.3) is 0 Å². The molecule has 0 atom stereocenters. The Morgan fingerprint density at radius 1 is 0.947 bits per heavy atom. The molecule has 1 fully saturated rings. The maximum atomic E-state index is 11.4. The van der Waals surface area contributed by atoms with E-state index in [1.54, 1.807) is 0 Å². The summed E-state index contributed by atoms with van der Waals surface area (Å²) in [6.45, 7) is 2.71. The molecule has 3 heteroatoms. The summed E-state index contributed by atoms with van der Waals surface area (Å²) in [4.78, 5) is 11.4. The van der Waals surface area contributed by atoms with Gasteiger partial charge >= 0.3 is 5.97 Å². The molecule has 0 bridgehead atoms. The third-order valence-electron chi connectivity index (χ3n) is 3.95. The van der Waals surface area contributed by atoms with Crippen molar-refractivity contribution in [3.05, 3.63) is 0 Å². The van der Waals surface area contributed by atoms with Crippen molar-refractivity contribution in [1.29, 1.82) is 0 Å². The molecule has 1 aliphatic carbocycles. The number of rotatable bonds is 4. The van der Waals surface area contributed by atoms with Gasteiger partial charge in [-0.3, -0.25) is 4.79 Å². The van der Waals surface area contributed by atoms with Crippen molar-refractivity contribution < 1.29 is 9.53 Å². The van der Waals surface area contributed by atoms with Crippen LogP contribution in [0.2, 0.25) is 0 Å². The zero-order valence-electron chi connectivity index (χ0n) is 12.6. The molecule has 0 saturated heterocycles. The van der Waals surface area contributed by atoms with Crippen LogP contribution in [0, 0.1) is 0 Å². The van der Waals surface area contributed by atoms with E-state index in [-0.39, 0.29) is 5.97 Å². The first-order valence-electron chi connectivity index (χ1n) is 8.22. The van der Waals surface area contributed by atoms with E-state index in [0.717, 1.165) is 0 Å². The zero-order valence-corrected chi connectivity index (χ0v) is 12.6. The van der Waals surface area contributed by atoms with Crippen LogP contribution in [-0.4, -0.2) is 25.2 Å². The van der Waals surface area contributed by atoms with Crippen LogP contribution in [0.3, 0.4) is 0 Å². The van der Waals surface area contributed by atoms with Gasteiger partial charge in [-0.05, 0) is 19.8 Å². The molecule has 0 aromatic carbocycles. The van der Waals surface area contributed by atoms with Crippen LogP contribution in [-0.2, 0) is 9.53 Å². The smallest absolute Gasteiger partial charge is 0.319 e. The van der Waals surface area contributed by atoms with E-state index in [0.29, 0.717) is 19.2 Å². The third-order valence-corrected chi connectivity index (χ3v) is 3.95. The van der Waals surface area contributed by atoms with Crippen LogP contribution in [0.5, 0.6) is 0 Å². The van der Waals surface area contributed by atoms with E-state index in [2.05, 4.69) is 5.32 Å². The minimum absolute atomic E-state index is 0.117. The second kappa shape index (κ2) is 11.3. The fraction of sp³-hybridized carbons (Fsp3) is 0.938. The van der Waals surface area contributed by atoms with Gasteiger partial charge in [-0.25, -0.2) is 0 Å². The summed E-state index contributed by atoms with van der Waals surface area (Å²) in [5.41, 5.74) is 0. The summed E-state index contributed by atoms with van der Waals surface area (Å²) in [6, 6.07) is 0.504. The lowest BCUT2D eigenvalue weighted by atomic mass is 9.98. The third kappa shape index (κ3) is 9.04. The largest absolute Gasteiger partial charge is 0.465 e. The number of carbonyl (C=O) groups excluding carboxylic acids is 1. The Morgan fingerprint density at radius 3 is 1.89 bits per heavy atom. The molecule has 0 unspecified atom stereocenters. The molecular weight excluding hydrogens is 238 g/mol. The van der Waals surface area contributed by atoms with Crippen molar-refractivity contribution >= 4 is 5.97 Å². The molecule has 0 radical (unpaired) electrons. The number of ether oxygens (including phenoxy) is 1. The highest BCUT2D eigenvalue weighted by Crippen LogP contribution is 2.16. The minimum Gasteiger partial charge on any atom is -0.465 e. The average Bonchev–Trinajstić information content (AvgIpc) is 2.38. The van der Waals surface area contributed by atoms with Gasteiger partial charge in [0, 0.05) is 6.04 Å². The zero-order chi connectivity index (χ0) is 13.8. The molecule has 1 aliphatic rings. The number of hydrogen-bond donors (Lipinski definition) is 1. The van der Waals surface area contributed by atoms with Gasteiger partial charge in [0.2, 0.25) is 0 Å². The second-order valence-corrected chi connectivity index (χ2v) is 5.64. The van der Waals surface area contributed by atoms with Crippen LogP contribution in [0.15, 0.2) is 0 Å². The molecule has 0 spiro atoms. The van der Waals surface area contributed by atoms with Gasteiger partial charge < -0.3 is 10.1 Å². The van der Waals surface area contributed by atoms with Gasteiger partial charge in [-0.15, -0.1) is 0 Å². The molecule has 0 aliphatic heterocycles. The Labute approximate surface area is 118 Å². The van der Waals surface area contributed by atoms with Crippen molar-refractivity contribution in [1.82, 2.24) is 5.32 Å². The van der Waals surface area contributed by atoms with Crippen LogP contribution in [0.1, 0.15) is 77.6 Å². The van der Waals surface area contributed by atoms with Crippen LogP contribution in [0.4, 0.5) is 0 Å². The highest BCUT2D eigenvalue weighted by atomic mass is 16.5. The fourth-order valence-electron chi connectivity index (χ4n) is 2.81. The highest BCUT2D eigenvalue weighted by Gasteiger charge is 2.11. The van der Waals surface area contributed by atoms with Gasteiger partial charge in [0.1, 0.15) is 0 Å². The molecule has 3 nitrogen and oxygen atoms in total. The first kappa shape index (κ1) is 16.5. The summed E-state index contributed by atoms with van der Waals surface area (Å²) in [5, 5.41) is 3.38. The van der Waals surface area contributed by atoms with Crippen LogP contribution >= 0.6 is 0 Å². The summed E-state index contributed by atoms with van der Waals surface area (Å²) in [7, 11) is 0. The predicted molar refractivity (Wildman–Crippen MR) is 79.2 cm³/mol. The number of nitrogens with one attached hydrogen (secondary N) is 1. The minimum atomic E-state index is -0.117. The van der Waals surface area contributed by atoms with Crippen molar-refractivity contribution in [3.63, 3.8) is 0 Å². The Kier molecular flexibility index (Phi) is 9.78. The van der Waals surface area contributed by atoms with Crippen molar-refractivity contribution in [2.75, 3.05) is 13.2 Å². The van der Waals surface area contributed by atoms with E-state index in [4.69, 9.17) is 4.74 Å². The molecule has 0 heterocycles. The molecule has 1 rings (SSSR count). The van der Waals surface area contributed by atoms with E-state index in [1.807, 2.05) is 6.92 Å². The summed E-state index contributed by atoms with van der Waals surface area (Å²) in [5.74, 6) is -0.117. The Hall–Kier alpha value is -0.570. The summed E-state index contributed by atoms with van der Waals surface area (Å²) >= 11 is 0. The Balaban J connectivity index is 2.24. The van der Waals surface area contributed by atoms with Gasteiger partial charge in [-0.2, -0.15) is 0 Å². The molecule has 1 saturated carbocycles. The Morgan fingerprint density at radius 2 is 1.42 bits per heavy atom. The molecule has 112 valence electrons. The van der Waals surface area contributed by atoms with Gasteiger partial charge in [-0.1, -0.05) is 57.8 Å². The molecule has 19 heavy (non-hydrogen) atoms. The number of hydrogen-bond acceptors (Lipinski definition) is 3. The van der Waals surface area contributed by atoms with Gasteiger partial charge in [0.15, 0.2) is 0 Å². The quantitative estimate of drug-likeness (QED) is 0.789. The predicted octanol–water partition coefficient (Wildman–Crippen LogP) is 3.81. The fourth-order valence-corrected chi connectivity index (χ4v) is 2.81. The molecule has 0 aromatic rings. The lowest BCUT2D eigenvalue weighted by Crippen LogP contribution is -2.34. The van der Waals surface area contributed by atoms with E-state index in [1.165, 1.54) is 70.6 Å². The first-order chi connectivity index (χ1) is 9.33. The maximum absolute atomic E-state index is 11.4. The lowest BCUT2D eigenvalue weighted by molar-refractivity contribution is -0.142. The number of carbonyl (C=O) groups is 1. The Bertz CT molecular complexity index is 219. The standard InChI is InChI=1S/C16H31NO2/c1-2-19-16(18)14-17-15-12-10-8-6-4-3-5-7-9-11-13-15/h15,17H,2-14H2,1H3. The van der Waals surface area contributed by atoms with E-state index < -0.39 is 0 Å². The monoisotopic (exact) mass is 269 g/mol. The first-order valence-corrected chi connectivity index (χ1v) is 8.22.